The Kier molecular flexibility index (Phi) is 3.10. The van der Waals surface area contributed by atoms with Crippen molar-refractivity contribution in [2.45, 2.75) is 18.5 Å². The highest BCUT2D eigenvalue weighted by Gasteiger charge is 2.26. The van der Waals surface area contributed by atoms with Crippen LogP contribution in [0.5, 0.6) is 0 Å². The van der Waals surface area contributed by atoms with Gasteiger partial charge in [0.2, 0.25) is 11.8 Å². The van der Waals surface area contributed by atoms with Gasteiger partial charge in [0.15, 0.2) is 0 Å². The Labute approximate surface area is 98.4 Å². The fourth-order valence-electron chi connectivity index (χ4n) is 1.75. The second kappa shape index (κ2) is 4.54. The summed E-state index contributed by atoms with van der Waals surface area (Å²) in [6.45, 7) is 0.463. The van der Waals surface area contributed by atoms with Crippen LogP contribution in [0.15, 0.2) is 12.4 Å². The van der Waals surface area contributed by atoms with E-state index in [2.05, 4.69) is 15.7 Å². The summed E-state index contributed by atoms with van der Waals surface area (Å²) in [5, 5.41) is 9.33. The Morgan fingerprint density at radius 2 is 2.53 bits per heavy atom. The van der Waals surface area contributed by atoms with Gasteiger partial charge >= 0.3 is 0 Å². The molecule has 17 heavy (non-hydrogen) atoms. The second-order valence-corrected chi connectivity index (χ2v) is 4.14. The minimum absolute atomic E-state index is 0.0507. The maximum atomic E-state index is 11.8. The molecule has 92 valence electrons. The largest absolute Gasteiger partial charge is 0.354 e. The third-order valence-corrected chi connectivity index (χ3v) is 2.69. The fourth-order valence-corrected chi connectivity index (χ4v) is 1.75. The number of nitrogens with zero attached hydrogens (tertiary/aromatic N) is 2. The molecule has 0 saturated carbocycles. The summed E-state index contributed by atoms with van der Waals surface area (Å²) in [6, 6.07) is -0.919. The zero-order chi connectivity index (χ0) is 12.4. The second-order valence-electron chi connectivity index (χ2n) is 4.14. The monoisotopic (exact) mass is 237 g/mol. The standard InChI is InChI=1S/C10H15N5O2/c1-15-5-6(3-13-15)9(11)10(17)14-7-2-8(16)12-4-7/h3,5,7,9H,2,4,11H2,1H3,(H,12,16)(H,14,17). The van der Waals surface area contributed by atoms with E-state index in [4.69, 9.17) is 5.73 Å². The topological polar surface area (TPSA) is 102 Å². The molecule has 7 nitrogen and oxygen atoms in total. The first kappa shape index (κ1) is 11.6. The van der Waals surface area contributed by atoms with Crippen molar-refractivity contribution in [3.05, 3.63) is 18.0 Å². The number of nitrogens with one attached hydrogen (secondary N) is 2. The summed E-state index contributed by atoms with van der Waals surface area (Å²) in [7, 11) is 1.76. The van der Waals surface area contributed by atoms with Crippen molar-refractivity contribution in [1.29, 1.82) is 0 Å². The van der Waals surface area contributed by atoms with Crippen LogP contribution in [-0.4, -0.2) is 34.2 Å². The SMILES string of the molecule is Cn1cc(C(N)C(=O)NC2CNC(=O)C2)cn1. The normalized spacial score (nSPS) is 21.1. The summed E-state index contributed by atoms with van der Waals surface area (Å²) in [6.07, 6.45) is 3.57. The van der Waals surface area contributed by atoms with Crippen LogP contribution < -0.4 is 16.4 Å². The van der Waals surface area contributed by atoms with Gasteiger partial charge in [-0.2, -0.15) is 5.10 Å². The van der Waals surface area contributed by atoms with Crippen LogP contribution in [0.25, 0.3) is 0 Å². The van der Waals surface area contributed by atoms with Crippen LogP contribution in [-0.2, 0) is 16.6 Å². The van der Waals surface area contributed by atoms with E-state index in [-0.39, 0.29) is 17.9 Å². The van der Waals surface area contributed by atoms with Gasteiger partial charge in [0, 0.05) is 31.8 Å². The van der Waals surface area contributed by atoms with E-state index in [0.717, 1.165) is 0 Å². The molecule has 2 atom stereocenters. The highest BCUT2D eigenvalue weighted by atomic mass is 16.2. The molecule has 4 N–H and O–H groups in total. The Bertz CT molecular complexity index is 442. The molecular formula is C10H15N5O2. The number of rotatable bonds is 3. The lowest BCUT2D eigenvalue weighted by Crippen LogP contribution is -2.41. The predicted octanol–water partition coefficient (Wildman–Crippen LogP) is -1.58. The predicted molar refractivity (Wildman–Crippen MR) is 59.7 cm³/mol. The Morgan fingerprint density at radius 3 is 3.06 bits per heavy atom. The van der Waals surface area contributed by atoms with Crippen LogP contribution in [0.1, 0.15) is 18.0 Å². The first-order valence-corrected chi connectivity index (χ1v) is 5.37. The summed E-state index contributed by atoms with van der Waals surface area (Å²) in [5.41, 5.74) is 6.45. The van der Waals surface area contributed by atoms with Gasteiger partial charge in [0.25, 0.3) is 0 Å². The van der Waals surface area contributed by atoms with Gasteiger partial charge in [-0.05, 0) is 0 Å². The third-order valence-electron chi connectivity index (χ3n) is 2.69. The van der Waals surface area contributed by atoms with E-state index in [0.29, 0.717) is 18.5 Å². The lowest BCUT2D eigenvalue weighted by Gasteiger charge is -2.14. The summed E-state index contributed by atoms with van der Waals surface area (Å²) in [4.78, 5) is 22.8. The molecule has 0 radical (unpaired) electrons. The molecule has 1 fully saturated rings. The summed E-state index contributed by atoms with van der Waals surface area (Å²) in [5.74, 6) is -0.343. The van der Waals surface area contributed by atoms with Crippen molar-refractivity contribution in [1.82, 2.24) is 20.4 Å². The number of aromatic nitrogens is 2. The molecule has 0 aromatic carbocycles. The van der Waals surface area contributed by atoms with E-state index in [1.807, 2.05) is 0 Å². The molecule has 1 saturated heterocycles. The van der Waals surface area contributed by atoms with Gasteiger partial charge in [0.1, 0.15) is 6.04 Å². The highest BCUT2D eigenvalue weighted by molar-refractivity contribution is 5.85. The van der Waals surface area contributed by atoms with E-state index < -0.39 is 6.04 Å². The first-order valence-electron chi connectivity index (χ1n) is 5.37. The molecule has 1 aromatic rings. The van der Waals surface area contributed by atoms with Gasteiger partial charge in [-0.15, -0.1) is 0 Å². The van der Waals surface area contributed by atoms with E-state index in [9.17, 15) is 9.59 Å². The van der Waals surface area contributed by atoms with Crippen molar-refractivity contribution >= 4 is 11.8 Å². The molecule has 2 rings (SSSR count). The molecule has 0 spiro atoms. The van der Waals surface area contributed by atoms with Crippen LogP contribution in [0, 0.1) is 0 Å². The molecule has 7 heteroatoms. The summed E-state index contributed by atoms with van der Waals surface area (Å²) < 4.78 is 1.59. The molecule has 0 aliphatic carbocycles. The van der Waals surface area contributed by atoms with Gasteiger partial charge in [-0.25, -0.2) is 0 Å². The number of carbonyl (C=O) groups is 2. The third kappa shape index (κ3) is 2.62. The molecule has 2 heterocycles. The summed E-state index contributed by atoms with van der Waals surface area (Å²) >= 11 is 0. The number of nitrogens with two attached hydrogens (primary N) is 1. The van der Waals surface area contributed by atoms with Crippen LogP contribution in [0.3, 0.4) is 0 Å². The minimum Gasteiger partial charge on any atom is -0.354 e. The highest BCUT2D eigenvalue weighted by Crippen LogP contribution is 2.09. The zero-order valence-corrected chi connectivity index (χ0v) is 9.51. The number of carbonyl (C=O) groups excluding carboxylic acids is 2. The maximum absolute atomic E-state index is 11.8. The van der Waals surface area contributed by atoms with Crippen LogP contribution in [0.2, 0.25) is 0 Å². The van der Waals surface area contributed by atoms with Crippen molar-refractivity contribution in [2.75, 3.05) is 6.54 Å². The van der Waals surface area contributed by atoms with Crippen molar-refractivity contribution in [2.24, 2.45) is 12.8 Å². The van der Waals surface area contributed by atoms with Gasteiger partial charge in [-0.1, -0.05) is 0 Å². The average Bonchev–Trinajstić information content (AvgIpc) is 2.87. The zero-order valence-electron chi connectivity index (χ0n) is 9.51. The van der Waals surface area contributed by atoms with Crippen LogP contribution in [0.4, 0.5) is 0 Å². The first-order chi connectivity index (χ1) is 8.06. The minimum atomic E-state index is -0.751. The van der Waals surface area contributed by atoms with E-state index >= 15 is 0 Å². The van der Waals surface area contributed by atoms with Gasteiger partial charge in [-0.3, -0.25) is 14.3 Å². The fraction of sp³-hybridized carbons (Fsp3) is 0.500. The molecule has 1 aromatic heterocycles. The van der Waals surface area contributed by atoms with Crippen molar-refractivity contribution in [3.8, 4) is 0 Å². The van der Waals surface area contributed by atoms with Crippen molar-refractivity contribution in [3.63, 3.8) is 0 Å². The number of hydrogen-bond donors (Lipinski definition) is 3. The Balaban J connectivity index is 1.93. The van der Waals surface area contributed by atoms with Crippen molar-refractivity contribution < 1.29 is 9.59 Å². The Morgan fingerprint density at radius 1 is 1.76 bits per heavy atom. The van der Waals surface area contributed by atoms with Gasteiger partial charge < -0.3 is 16.4 Å². The number of amides is 2. The van der Waals surface area contributed by atoms with E-state index in [1.54, 1.807) is 24.1 Å². The molecule has 1 aliphatic rings. The molecular weight excluding hydrogens is 222 g/mol. The van der Waals surface area contributed by atoms with E-state index in [1.165, 1.54) is 0 Å². The quantitative estimate of drug-likeness (QED) is 0.590. The molecule has 2 unspecified atom stereocenters. The Hall–Kier alpha value is -1.89. The van der Waals surface area contributed by atoms with Crippen LogP contribution >= 0.6 is 0 Å². The number of aryl methyl sites for hydroxylation is 1. The average molecular weight is 237 g/mol. The molecule has 2 amide bonds. The lowest BCUT2D eigenvalue weighted by atomic mass is 10.1. The molecule has 0 bridgehead atoms. The lowest BCUT2D eigenvalue weighted by molar-refractivity contribution is -0.123. The smallest absolute Gasteiger partial charge is 0.241 e. The number of hydrogen-bond acceptors (Lipinski definition) is 4. The molecule has 1 aliphatic heterocycles. The van der Waals surface area contributed by atoms with Gasteiger partial charge in [0.05, 0.1) is 12.2 Å². The maximum Gasteiger partial charge on any atom is 0.241 e.